The Morgan fingerprint density at radius 3 is 2.79 bits per heavy atom. The van der Waals surface area contributed by atoms with Crippen LogP contribution in [0.2, 0.25) is 0 Å². The molecule has 0 unspecified atom stereocenters. The zero-order valence-corrected chi connectivity index (χ0v) is 16.8. The molecular formula is C21H25N5O3. The molecule has 8 heteroatoms. The molecule has 1 fully saturated rings. The van der Waals surface area contributed by atoms with Crippen molar-refractivity contribution < 1.29 is 14.3 Å². The Kier molecular flexibility index (Phi) is 5.44. The lowest BCUT2D eigenvalue weighted by Gasteiger charge is -2.15. The maximum atomic E-state index is 11.4. The lowest BCUT2D eigenvalue weighted by molar-refractivity contribution is -0.149. The number of benzene rings is 1. The van der Waals surface area contributed by atoms with Crippen LogP contribution in [-0.2, 0) is 20.8 Å². The molecule has 152 valence electrons. The summed E-state index contributed by atoms with van der Waals surface area (Å²) >= 11 is 0. The second kappa shape index (κ2) is 8.16. The Labute approximate surface area is 169 Å². The van der Waals surface area contributed by atoms with E-state index in [2.05, 4.69) is 51.5 Å². The number of carbonyl (C=O) groups excluding carboxylic acids is 1. The third-order valence-corrected chi connectivity index (χ3v) is 5.15. The fourth-order valence-electron chi connectivity index (χ4n) is 3.65. The fourth-order valence-corrected chi connectivity index (χ4v) is 3.65. The lowest BCUT2D eigenvalue weighted by Crippen LogP contribution is -2.25. The van der Waals surface area contributed by atoms with E-state index in [0.29, 0.717) is 29.9 Å². The van der Waals surface area contributed by atoms with E-state index in [1.165, 1.54) is 18.8 Å². The van der Waals surface area contributed by atoms with Crippen molar-refractivity contribution in [2.24, 2.45) is 0 Å². The van der Waals surface area contributed by atoms with E-state index in [1.807, 2.05) is 11.5 Å². The fraction of sp³-hybridized carbons (Fsp3) is 0.429. The Balaban J connectivity index is 1.54. The first-order valence-corrected chi connectivity index (χ1v) is 9.84. The number of fused-ring (bicyclic) bond motifs is 1. The molecule has 4 rings (SSSR count). The van der Waals surface area contributed by atoms with Gasteiger partial charge < -0.3 is 14.8 Å². The summed E-state index contributed by atoms with van der Waals surface area (Å²) in [4.78, 5) is 24.7. The number of anilines is 1. The Bertz CT molecular complexity index is 1000. The standard InChI is InChI=1S/C21H25N5O3/c1-4-16-17(28-14(3)27)9-18(29-16)26-12-25-19-20(23-11-24-21(19)26)22-10-15-7-5-13(2)6-8-15/h5-8,11-12,16-18H,4,9-10H2,1-3H3,(H,22,23,24)/t16-,17-,18-/m1/s1. The molecule has 8 nitrogen and oxygen atoms in total. The molecule has 2 aromatic heterocycles. The molecule has 3 aromatic rings. The predicted molar refractivity (Wildman–Crippen MR) is 108 cm³/mol. The molecule has 1 N–H and O–H groups in total. The first-order valence-electron chi connectivity index (χ1n) is 9.84. The highest BCUT2D eigenvalue weighted by Gasteiger charge is 2.38. The SMILES string of the molecule is CC[C@H]1O[C@@H](n2cnc3c(NCc4ccc(C)cc4)ncnc32)C[C@H]1OC(C)=O. The number of nitrogens with zero attached hydrogens (tertiary/aromatic N) is 4. The average molecular weight is 395 g/mol. The summed E-state index contributed by atoms with van der Waals surface area (Å²) in [5.74, 6) is 0.383. The number of hydrogen-bond donors (Lipinski definition) is 1. The summed E-state index contributed by atoms with van der Waals surface area (Å²) in [5.41, 5.74) is 3.77. The van der Waals surface area contributed by atoms with E-state index >= 15 is 0 Å². The molecule has 0 amide bonds. The van der Waals surface area contributed by atoms with E-state index in [1.54, 1.807) is 6.33 Å². The zero-order valence-electron chi connectivity index (χ0n) is 16.8. The number of ether oxygens (including phenoxy) is 2. The van der Waals surface area contributed by atoms with Crippen LogP contribution in [0.1, 0.15) is 44.0 Å². The summed E-state index contributed by atoms with van der Waals surface area (Å²) in [6.45, 7) is 6.15. The van der Waals surface area contributed by atoms with Gasteiger partial charge in [0.05, 0.1) is 12.4 Å². The van der Waals surface area contributed by atoms with Crippen molar-refractivity contribution in [2.45, 2.75) is 58.6 Å². The summed E-state index contributed by atoms with van der Waals surface area (Å²) in [7, 11) is 0. The Morgan fingerprint density at radius 2 is 2.07 bits per heavy atom. The van der Waals surface area contributed by atoms with Gasteiger partial charge in [-0.2, -0.15) is 0 Å². The number of esters is 1. The van der Waals surface area contributed by atoms with Crippen molar-refractivity contribution in [2.75, 3.05) is 5.32 Å². The second-order valence-corrected chi connectivity index (χ2v) is 7.31. The van der Waals surface area contributed by atoms with Gasteiger partial charge in [0.25, 0.3) is 0 Å². The van der Waals surface area contributed by atoms with Crippen molar-refractivity contribution in [1.29, 1.82) is 0 Å². The molecule has 1 saturated heterocycles. The van der Waals surface area contributed by atoms with E-state index in [4.69, 9.17) is 9.47 Å². The molecule has 3 atom stereocenters. The van der Waals surface area contributed by atoms with Crippen LogP contribution in [-0.4, -0.2) is 37.7 Å². The number of aromatic nitrogens is 4. The van der Waals surface area contributed by atoms with E-state index < -0.39 is 0 Å². The van der Waals surface area contributed by atoms with Crippen LogP contribution in [0.4, 0.5) is 5.82 Å². The van der Waals surface area contributed by atoms with Gasteiger partial charge in [-0.15, -0.1) is 0 Å². The van der Waals surface area contributed by atoms with Crippen LogP contribution < -0.4 is 5.32 Å². The zero-order chi connectivity index (χ0) is 20.4. The molecule has 0 bridgehead atoms. The minimum absolute atomic E-state index is 0.137. The van der Waals surface area contributed by atoms with Gasteiger partial charge in [-0.05, 0) is 18.9 Å². The average Bonchev–Trinajstić information content (AvgIpc) is 3.31. The van der Waals surface area contributed by atoms with Crippen LogP contribution in [0.15, 0.2) is 36.9 Å². The number of rotatable bonds is 6. The molecule has 1 aliphatic heterocycles. The predicted octanol–water partition coefficient (Wildman–Crippen LogP) is 3.38. The maximum Gasteiger partial charge on any atom is 0.302 e. The van der Waals surface area contributed by atoms with Crippen molar-refractivity contribution in [3.63, 3.8) is 0 Å². The minimum Gasteiger partial charge on any atom is -0.460 e. The number of imidazole rings is 1. The van der Waals surface area contributed by atoms with Crippen molar-refractivity contribution >= 4 is 23.0 Å². The summed E-state index contributed by atoms with van der Waals surface area (Å²) in [5, 5.41) is 3.35. The smallest absolute Gasteiger partial charge is 0.302 e. The van der Waals surface area contributed by atoms with E-state index in [9.17, 15) is 4.79 Å². The molecule has 29 heavy (non-hydrogen) atoms. The molecule has 0 saturated carbocycles. The van der Waals surface area contributed by atoms with Crippen molar-refractivity contribution in [1.82, 2.24) is 19.5 Å². The number of nitrogens with one attached hydrogen (secondary N) is 1. The van der Waals surface area contributed by atoms with E-state index in [0.717, 1.165) is 12.0 Å². The summed E-state index contributed by atoms with van der Waals surface area (Å²) < 4.78 is 13.4. The molecular weight excluding hydrogens is 370 g/mol. The van der Waals surface area contributed by atoms with Crippen LogP contribution >= 0.6 is 0 Å². The van der Waals surface area contributed by atoms with Crippen molar-refractivity contribution in [3.05, 3.63) is 48.0 Å². The highest BCUT2D eigenvalue weighted by atomic mass is 16.6. The number of aryl methyl sites for hydroxylation is 1. The largest absolute Gasteiger partial charge is 0.460 e. The normalized spacial score (nSPS) is 21.4. The molecule has 3 heterocycles. The summed E-state index contributed by atoms with van der Waals surface area (Å²) in [6.07, 6.45) is 3.88. The van der Waals surface area contributed by atoms with Gasteiger partial charge in [-0.3, -0.25) is 9.36 Å². The first-order chi connectivity index (χ1) is 14.0. The third-order valence-electron chi connectivity index (χ3n) is 5.15. The van der Waals surface area contributed by atoms with Gasteiger partial charge in [0.1, 0.15) is 18.7 Å². The highest BCUT2D eigenvalue weighted by molar-refractivity contribution is 5.82. The lowest BCUT2D eigenvalue weighted by atomic mass is 10.1. The molecule has 0 aliphatic carbocycles. The van der Waals surface area contributed by atoms with E-state index in [-0.39, 0.29) is 24.4 Å². The van der Waals surface area contributed by atoms with Crippen LogP contribution in [0.5, 0.6) is 0 Å². The van der Waals surface area contributed by atoms with Crippen LogP contribution in [0.25, 0.3) is 11.2 Å². The van der Waals surface area contributed by atoms with Gasteiger partial charge in [0.2, 0.25) is 0 Å². The maximum absolute atomic E-state index is 11.4. The Morgan fingerprint density at radius 1 is 1.28 bits per heavy atom. The summed E-state index contributed by atoms with van der Waals surface area (Å²) in [6, 6.07) is 8.35. The quantitative estimate of drug-likeness (QED) is 0.640. The van der Waals surface area contributed by atoms with Crippen LogP contribution in [0.3, 0.4) is 0 Å². The molecule has 1 aromatic carbocycles. The number of carbonyl (C=O) groups is 1. The van der Waals surface area contributed by atoms with Gasteiger partial charge in [-0.25, -0.2) is 15.0 Å². The number of hydrogen-bond acceptors (Lipinski definition) is 7. The minimum atomic E-state index is -0.293. The molecule has 0 radical (unpaired) electrons. The van der Waals surface area contributed by atoms with Crippen molar-refractivity contribution in [3.8, 4) is 0 Å². The topological polar surface area (TPSA) is 91.2 Å². The first kappa shape index (κ1) is 19.3. The highest BCUT2D eigenvalue weighted by Crippen LogP contribution is 2.34. The van der Waals surface area contributed by atoms with Gasteiger partial charge >= 0.3 is 5.97 Å². The monoisotopic (exact) mass is 395 g/mol. The van der Waals surface area contributed by atoms with Crippen LogP contribution in [0, 0.1) is 6.92 Å². The molecule has 1 aliphatic rings. The van der Waals surface area contributed by atoms with Gasteiger partial charge in [-0.1, -0.05) is 36.8 Å². The third kappa shape index (κ3) is 4.07. The Hall–Kier alpha value is -3.00. The second-order valence-electron chi connectivity index (χ2n) is 7.31. The van der Waals surface area contributed by atoms with Gasteiger partial charge in [0, 0.05) is 19.9 Å². The molecule has 0 spiro atoms. The van der Waals surface area contributed by atoms with Gasteiger partial charge in [0.15, 0.2) is 17.0 Å².